The van der Waals surface area contributed by atoms with Gasteiger partial charge in [-0.05, 0) is 30.7 Å². The Bertz CT molecular complexity index is 780. The molecule has 0 saturated heterocycles. The maximum atomic E-state index is 12.6. The first-order valence-electron chi connectivity index (χ1n) is 7.56. The van der Waals surface area contributed by atoms with Crippen LogP contribution in [0.4, 0.5) is 13.2 Å². The molecule has 0 N–H and O–H groups in total. The number of Topliss-reactive ketones (excluding diaryl/α,β-unsaturated/α-hetero) is 1. The SMILES string of the molecule is CCCOc1cccc(C(=O)C(C#N)c2ccc(C(F)(F)F)cn2)c1. The Morgan fingerprint density at radius 3 is 2.64 bits per heavy atom. The van der Waals surface area contributed by atoms with Crippen molar-refractivity contribution in [2.75, 3.05) is 6.61 Å². The lowest BCUT2D eigenvalue weighted by Gasteiger charge is -2.11. The van der Waals surface area contributed by atoms with Crippen LogP contribution in [0, 0.1) is 11.3 Å². The second-order valence-corrected chi connectivity index (χ2v) is 5.27. The summed E-state index contributed by atoms with van der Waals surface area (Å²) in [6.07, 6.45) is -3.11. The van der Waals surface area contributed by atoms with Gasteiger partial charge < -0.3 is 4.74 Å². The molecule has 0 aliphatic rings. The number of aromatic nitrogens is 1. The van der Waals surface area contributed by atoms with Gasteiger partial charge in [0.05, 0.1) is 23.9 Å². The number of pyridine rings is 1. The predicted molar refractivity (Wildman–Crippen MR) is 84.2 cm³/mol. The van der Waals surface area contributed by atoms with Gasteiger partial charge in [-0.1, -0.05) is 19.1 Å². The van der Waals surface area contributed by atoms with Crippen molar-refractivity contribution in [3.63, 3.8) is 0 Å². The first-order valence-corrected chi connectivity index (χ1v) is 7.56. The minimum absolute atomic E-state index is 0.0274. The molecule has 0 spiro atoms. The lowest BCUT2D eigenvalue weighted by molar-refractivity contribution is -0.137. The summed E-state index contributed by atoms with van der Waals surface area (Å²) >= 11 is 0. The van der Waals surface area contributed by atoms with Gasteiger partial charge in [0.1, 0.15) is 5.75 Å². The summed E-state index contributed by atoms with van der Waals surface area (Å²) < 4.78 is 43.2. The van der Waals surface area contributed by atoms with Crippen LogP contribution in [0.3, 0.4) is 0 Å². The Labute approximate surface area is 142 Å². The van der Waals surface area contributed by atoms with Crippen molar-refractivity contribution >= 4 is 5.78 Å². The highest BCUT2D eigenvalue weighted by molar-refractivity contribution is 6.02. The molecule has 0 aliphatic carbocycles. The van der Waals surface area contributed by atoms with Crippen LogP contribution in [0.25, 0.3) is 0 Å². The quantitative estimate of drug-likeness (QED) is 0.727. The topological polar surface area (TPSA) is 63.0 Å². The third kappa shape index (κ3) is 4.57. The predicted octanol–water partition coefficient (Wildman–Crippen LogP) is 4.38. The van der Waals surface area contributed by atoms with Crippen LogP contribution >= 0.6 is 0 Å². The highest BCUT2D eigenvalue weighted by Crippen LogP contribution is 2.29. The summed E-state index contributed by atoms with van der Waals surface area (Å²) in [6.45, 7) is 2.43. The van der Waals surface area contributed by atoms with Crippen molar-refractivity contribution in [2.24, 2.45) is 0 Å². The second kappa shape index (κ2) is 7.79. The van der Waals surface area contributed by atoms with E-state index in [1.54, 1.807) is 18.2 Å². The lowest BCUT2D eigenvalue weighted by Crippen LogP contribution is -2.14. The van der Waals surface area contributed by atoms with Crippen LogP contribution in [-0.2, 0) is 6.18 Å². The highest BCUT2D eigenvalue weighted by atomic mass is 19.4. The number of benzene rings is 1. The van der Waals surface area contributed by atoms with Crippen LogP contribution in [0.1, 0.15) is 40.9 Å². The van der Waals surface area contributed by atoms with Crippen molar-refractivity contribution in [1.29, 1.82) is 5.26 Å². The van der Waals surface area contributed by atoms with E-state index in [0.29, 0.717) is 18.6 Å². The molecule has 1 heterocycles. The van der Waals surface area contributed by atoms with Crippen molar-refractivity contribution in [3.8, 4) is 11.8 Å². The number of ether oxygens (including phenoxy) is 1. The van der Waals surface area contributed by atoms with E-state index in [1.165, 1.54) is 12.1 Å². The Morgan fingerprint density at radius 1 is 1.32 bits per heavy atom. The second-order valence-electron chi connectivity index (χ2n) is 5.27. The zero-order valence-electron chi connectivity index (χ0n) is 13.4. The zero-order valence-corrected chi connectivity index (χ0v) is 13.4. The molecule has 130 valence electrons. The van der Waals surface area contributed by atoms with E-state index in [4.69, 9.17) is 4.74 Å². The van der Waals surface area contributed by atoms with Gasteiger partial charge in [0, 0.05) is 11.8 Å². The molecule has 0 amide bonds. The number of nitriles is 1. The summed E-state index contributed by atoms with van der Waals surface area (Å²) in [5, 5.41) is 9.29. The van der Waals surface area contributed by atoms with Gasteiger partial charge in [-0.3, -0.25) is 9.78 Å². The Hall–Kier alpha value is -2.88. The van der Waals surface area contributed by atoms with E-state index in [2.05, 4.69) is 4.98 Å². The minimum atomic E-state index is -4.53. The Balaban J connectivity index is 2.26. The number of hydrogen-bond acceptors (Lipinski definition) is 4. The third-order valence-electron chi connectivity index (χ3n) is 3.39. The Morgan fingerprint density at radius 2 is 2.08 bits per heavy atom. The van der Waals surface area contributed by atoms with Crippen LogP contribution in [-0.4, -0.2) is 17.4 Å². The van der Waals surface area contributed by atoms with Gasteiger partial charge in [0.25, 0.3) is 0 Å². The summed E-state index contributed by atoms with van der Waals surface area (Å²) in [5.74, 6) is -1.34. The lowest BCUT2D eigenvalue weighted by atomic mass is 9.95. The fourth-order valence-electron chi connectivity index (χ4n) is 2.13. The van der Waals surface area contributed by atoms with Gasteiger partial charge in [-0.15, -0.1) is 0 Å². The standard InChI is InChI=1S/C18H15F3N2O2/c1-2-8-25-14-5-3-4-12(9-14)17(24)15(10-22)16-7-6-13(11-23-16)18(19,20)21/h3-7,9,11,15H,2,8H2,1H3. The number of carbonyl (C=O) groups excluding carboxylic acids is 1. The smallest absolute Gasteiger partial charge is 0.417 e. The number of ketones is 1. The van der Waals surface area contributed by atoms with Crippen LogP contribution in [0.2, 0.25) is 0 Å². The number of rotatable bonds is 6. The molecule has 0 saturated carbocycles. The number of nitrogens with zero attached hydrogens (tertiary/aromatic N) is 2. The highest BCUT2D eigenvalue weighted by Gasteiger charge is 2.31. The van der Waals surface area contributed by atoms with E-state index >= 15 is 0 Å². The van der Waals surface area contributed by atoms with E-state index in [9.17, 15) is 23.2 Å². The molecule has 4 nitrogen and oxygen atoms in total. The number of carbonyl (C=O) groups is 1. The molecule has 0 radical (unpaired) electrons. The summed E-state index contributed by atoms with van der Waals surface area (Å²) in [6, 6.07) is 9.99. The van der Waals surface area contributed by atoms with Crippen LogP contribution in [0.5, 0.6) is 5.75 Å². The summed E-state index contributed by atoms with van der Waals surface area (Å²) in [7, 11) is 0. The Kier molecular flexibility index (Phi) is 5.75. The summed E-state index contributed by atoms with van der Waals surface area (Å²) in [5.41, 5.74) is -0.724. The maximum absolute atomic E-state index is 12.6. The van der Waals surface area contributed by atoms with E-state index in [1.807, 2.05) is 6.92 Å². The molecule has 7 heteroatoms. The molecule has 2 rings (SSSR count). The number of halogens is 3. The molecule has 25 heavy (non-hydrogen) atoms. The van der Waals surface area contributed by atoms with Gasteiger partial charge in [0.2, 0.25) is 0 Å². The molecule has 1 atom stereocenters. The average Bonchev–Trinajstić information content (AvgIpc) is 2.60. The normalized spacial score (nSPS) is 12.3. The molecular weight excluding hydrogens is 333 g/mol. The molecule has 2 aromatic rings. The fraction of sp³-hybridized carbons (Fsp3) is 0.278. The molecule has 0 fully saturated rings. The van der Waals surface area contributed by atoms with Crippen molar-refractivity contribution < 1.29 is 22.7 Å². The summed E-state index contributed by atoms with van der Waals surface area (Å²) in [4.78, 5) is 16.2. The van der Waals surface area contributed by atoms with Gasteiger partial charge in [0.15, 0.2) is 11.7 Å². The number of alkyl halides is 3. The van der Waals surface area contributed by atoms with Crippen LogP contribution < -0.4 is 4.74 Å². The molecule has 0 aliphatic heterocycles. The largest absolute Gasteiger partial charge is 0.494 e. The van der Waals surface area contributed by atoms with Gasteiger partial charge in [-0.2, -0.15) is 18.4 Å². The fourth-order valence-corrected chi connectivity index (χ4v) is 2.13. The molecule has 1 aromatic heterocycles. The zero-order chi connectivity index (χ0) is 18.4. The van der Waals surface area contributed by atoms with Gasteiger partial charge in [-0.25, -0.2) is 0 Å². The van der Waals surface area contributed by atoms with Crippen molar-refractivity contribution in [2.45, 2.75) is 25.4 Å². The van der Waals surface area contributed by atoms with E-state index < -0.39 is 23.4 Å². The molecule has 1 aromatic carbocycles. The molecular formula is C18H15F3N2O2. The first kappa shape index (κ1) is 18.5. The van der Waals surface area contributed by atoms with E-state index in [0.717, 1.165) is 18.6 Å². The van der Waals surface area contributed by atoms with Gasteiger partial charge >= 0.3 is 6.18 Å². The van der Waals surface area contributed by atoms with Crippen molar-refractivity contribution in [1.82, 2.24) is 4.98 Å². The molecule has 0 bridgehead atoms. The minimum Gasteiger partial charge on any atom is -0.494 e. The van der Waals surface area contributed by atoms with Crippen LogP contribution in [0.15, 0.2) is 42.6 Å². The third-order valence-corrected chi connectivity index (χ3v) is 3.39. The number of hydrogen-bond donors (Lipinski definition) is 0. The monoisotopic (exact) mass is 348 g/mol. The maximum Gasteiger partial charge on any atom is 0.417 e. The first-order chi connectivity index (χ1) is 11.9. The molecule has 1 unspecified atom stereocenters. The van der Waals surface area contributed by atoms with E-state index in [-0.39, 0.29) is 11.3 Å². The van der Waals surface area contributed by atoms with Crippen molar-refractivity contribution in [3.05, 3.63) is 59.4 Å². The average molecular weight is 348 g/mol.